The molecule has 14 heavy (non-hydrogen) atoms. The van der Waals surface area contributed by atoms with Crippen molar-refractivity contribution in [3.63, 3.8) is 0 Å². The summed E-state index contributed by atoms with van der Waals surface area (Å²) in [6.07, 6.45) is 2.99. The highest BCUT2D eigenvalue weighted by Gasteiger charge is 2.41. The van der Waals surface area contributed by atoms with Crippen LogP contribution in [0.4, 0.5) is 0 Å². The summed E-state index contributed by atoms with van der Waals surface area (Å²) in [6.45, 7) is 0. The third kappa shape index (κ3) is 1.25. The van der Waals surface area contributed by atoms with E-state index in [1.54, 1.807) is 6.26 Å². The summed E-state index contributed by atoms with van der Waals surface area (Å²) in [5.74, 6) is 2.44. The molecule has 1 saturated carbocycles. The first-order chi connectivity index (χ1) is 6.95. The second-order valence-electron chi connectivity index (χ2n) is 3.87. The van der Waals surface area contributed by atoms with Gasteiger partial charge >= 0.3 is 0 Å². The molecular weight excluding hydrogens is 172 g/mol. The molecule has 0 unspecified atom stereocenters. The van der Waals surface area contributed by atoms with Gasteiger partial charge in [0.15, 0.2) is 0 Å². The van der Waals surface area contributed by atoms with Crippen molar-refractivity contribution in [1.82, 2.24) is 0 Å². The molecule has 1 aromatic heterocycles. The largest absolute Gasteiger partial charge is 0.469 e. The van der Waals surface area contributed by atoms with E-state index >= 15 is 0 Å². The maximum Gasteiger partial charge on any atom is 0.107 e. The van der Waals surface area contributed by atoms with E-state index < -0.39 is 0 Å². The van der Waals surface area contributed by atoms with Crippen LogP contribution in [0.15, 0.2) is 53.1 Å². The molecule has 1 nitrogen and oxygen atoms in total. The number of furan rings is 1. The lowest BCUT2D eigenvalue weighted by atomic mass is 10.1. The van der Waals surface area contributed by atoms with Gasteiger partial charge in [-0.3, -0.25) is 0 Å². The zero-order valence-corrected chi connectivity index (χ0v) is 7.89. The Morgan fingerprint density at radius 2 is 1.79 bits per heavy atom. The van der Waals surface area contributed by atoms with Gasteiger partial charge in [0.25, 0.3) is 0 Å². The molecule has 0 saturated heterocycles. The van der Waals surface area contributed by atoms with Gasteiger partial charge in [-0.15, -0.1) is 0 Å². The highest BCUT2D eigenvalue weighted by Crippen LogP contribution is 2.54. The summed E-state index contributed by atoms with van der Waals surface area (Å²) >= 11 is 0. The molecule has 2 aromatic rings. The van der Waals surface area contributed by atoms with Crippen LogP contribution in [0.1, 0.15) is 29.6 Å². The van der Waals surface area contributed by atoms with Crippen LogP contribution in [-0.4, -0.2) is 0 Å². The molecule has 0 bridgehead atoms. The van der Waals surface area contributed by atoms with E-state index in [1.807, 2.05) is 6.07 Å². The van der Waals surface area contributed by atoms with Gasteiger partial charge in [0.05, 0.1) is 6.26 Å². The smallest absolute Gasteiger partial charge is 0.107 e. The molecule has 1 aliphatic carbocycles. The fraction of sp³-hybridized carbons (Fsp3) is 0.231. The van der Waals surface area contributed by atoms with Crippen LogP contribution in [0.3, 0.4) is 0 Å². The lowest BCUT2D eigenvalue weighted by Gasteiger charge is -1.97. The van der Waals surface area contributed by atoms with Crippen molar-refractivity contribution in [2.75, 3.05) is 0 Å². The molecule has 0 amide bonds. The second-order valence-corrected chi connectivity index (χ2v) is 3.87. The monoisotopic (exact) mass is 184 g/mol. The van der Waals surface area contributed by atoms with Crippen LogP contribution in [0.25, 0.3) is 0 Å². The maximum atomic E-state index is 5.41. The molecule has 2 atom stereocenters. The van der Waals surface area contributed by atoms with Gasteiger partial charge in [0.1, 0.15) is 5.76 Å². The van der Waals surface area contributed by atoms with Crippen LogP contribution in [-0.2, 0) is 0 Å². The van der Waals surface area contributed by atoms with Gasteiger partial charge in [0.2, 0.25) is 0 Å². The molecule has 1 heterocycles. The summed E-state index contributed by atoms with van der Waals surface area (Å²) in [6, 6.07) is 14.7. The number of hydrogen-bond donors (Lipinski definition) is 0. The molecule has 0 spiro atoms. The average Bonchev–Trinajstić information content (AvgIpc) is 2.87. The summed E-state index contributed by atoms with van der Waals surface area (Å²) < 4.78 is 5.41. The van der Waals surface area contributed by atoms with E-state index in [2.05, 4.69) is 36.4 Å². The maximum absolute atomic E-state index is 5.41. The normalized spacial score (nSPS) is 24.9. The SMILES string of the molecule is c1ccc([C@@H]2C[C@H]2c2ccco2)cc1. The fourth-order valence-electron chi connectivity index (χ4n) is 2.08. The van der Waals surface area contributed by atoms with E-state index in [9.17, 15) is 0 Å². The zero-order valence-electron chi connectivity index (χ0n) is 7.89. The predicted octanol–water partition coefficient (Wildman–Crippen LogP) is 3.55. The molecule has 3 rings (SSSR count). The minimum atomic E-state index is 0.618. The lowest BCUT2D eigenvalue weighted by Crippen LogP contribution is -1.80. The van der Waals surface area contributed by atoms with Crippen molar-refractivity contribution in [3.8, 4) is 0 Å². The molecule has 0 radical (unpaired) electrons. The molecule has 0 N–H and O–H groups in total. The van der Waals surface area contributed by atoms with E-state index in [0.717, 1.165) is 5.76 Å². The lowest BCUT2D eigenvalue weighted by molar-refractivity contribution is 0.509. The van der Waals surface area contributed by atoms with Crippen LogP contribution >= 0.6 is 0 Å². The zero-order chi connectivity index (χ0) is 9.38. The van der Waals surface area contributed by atoms with Gasteiger partial charge in [-0.1, -0.05) is 30.3 Å². The van der Waals surface area contributed by atoms with Crippen LogP contribution in [0.5, 0.6) is 0 Å². The molecular formula is C13H12O. The topological polar surface area (TPSA) is 13.1 Å². The van der Waals surface area contributed by atoms with Crippen molar-refractivity contribution in [1.29, 1.82) is 0 Å². The van der Waals surface area contributed by atoms with Crippen LogP contribution in [0, 0.1) is 0 Å². The first kappa shape index (κ1) is 7.86. The molecule has 1 aliphatic rings. The Kier molecular flexibility index (Phi) is 1.69. The highest BCUT2D eigenvalue weighted by atomic mass is 16.3. The molecule has 1 aromatic carbocycles. The summed E-state index contributed by atoms with van der Waals surface area (Å²) in [5, 5.41) is 0. The number of benzene rings is 1. The molecule has 1 fully saturated rings. The van der Waals surface area contributed by atoms with Crippen LogP contribution in [0.2, 0.25) is 0 Å². The van der Waals surface area contributed by atoms with E-state index in [0.29, 0.717) is 11.8 Å². The first-order valence-corrected chi connectivity index (χ1v) is 5.03. The van der Waals surface area contributed by atoms with Gasteiger partial charge in [-0.2, -0.15) is 0 Å². The van der Waals surface area contributed by atoms with E-state index in [1.165, 1.54) is 12.0 Å². The Balaban J connectivity index is 1.81. The Morgan fingerprint density at radius 3 is 2.50 bits per heavy atom. The van der Waals surface area contributed by atoms with Gasteiger partial charge < -0.3 is 4.42 Å². The molecule has 0 aliphatic heterocycles. The highest BCUT2D eigenvalue weighted by molar-refractivity contribution is 5.32. The van der Waals surface area contributed by atoms with Gasteiger partial charge in [-0.25, -0.2) is 0 Å². The number of rotatable bonds is 2. The predicted molar refractivity (Wildman–Crippen MR) is 55.2 cm³/mol. The Labute approximate surface area is 83.4 Å². The summed E-state index contributed by atoms with van der Waals surface area (Å²) in [7, 11) is 0. The van der Waals surface area contributed by atoms with Crippen molar-refractivity contribution in [2.24, 2.45) is 0 Å². The van der Waals surface area contributed by atoms with Crippen molar-refractivity contribution in [3.05, 3.63) is 60.1 Å². The molecule has 1 heteroatoms. The quantitative estimate of drug-likeness (QED) is 0.695. The van der Waals surface area contributed by atoms with Crippen LogP contribution < -0.4 is 0 Å². The summed E-state index contributed by atoms with van der Waals surface area (Å²) in [4.78, 5) is 0. The van der Waals surface area contributed by atoms with Gasteiger partial charge in [0, 0.05) is 5.92 Å². The second kappa shape index (κ2) is 3.02. The van der Waals surface area contributed by atoms with Gasteiger partial charge in [-0.05, 0) is 30.0 Å². The fourth-order valence-corrected chi connectivity index (χ4v) is 2.08. The Hall–Kier alpha value is -1.50. The minimum Gasteiger partial charge on any atom is -0.469 e. The standard InChI is InChI=1S/C13H12O/c1-2-5-10(6-3-1)11-9-12(11)13-7-4-8-14-13/h1-8,11-12H,9H2/t11-,12+/m0/s1. The van der Waals surface area contributed by atoms with Crippen molar-refractivity contribution < 1.29 is 4.42 Å². The Morgan fingerprint density at radius 1 is 0.929 bits per heavy atom. The summed E-state index contributed by atoms with van der Waals surface area (Å²) in [5.41, 5.74) is 1.44. The minimum absolute atomic E-state index is 0.618. The van der Waals surface area contributed by atoms with Crippen molar-refractivity contribution >= 4 is 0 Å². The Bertz CT molecular complexity index is 402. The van der Waals surface area contributed by atoms with E-state index in [-0.39, 0.29) is 0 Å². The van der Waals surface area contributed by atoms with Crippen molar-refractivity contribution in [2.45, 2.75) is 18.3 Å². The first-order valence-electron chi connectivity index (χ1n) is 5.03. The third-order valence-corrected chi connectivity index (χ3v) is 2.93. The third-order valence-electron chi connectivity index (χ3n) is 2.93. The molecule has 70 valence electrons. The van der Waals surface area contributed by atoms with E-state index in [4.69, 9.17) is 4.42 Å². The number of hydrogen-bond acceptors (Lipinski definition) is 1. The average molecular weight is 184 g/mol.